The van der Waals surface area contributed by atoms with Crippen LogP contribution in [-0.4, -0.2) is 28.7 Å². The molecule has 6 nitrogen and oxygen atoms in total. The molecule has 178 valence electrons. The number of carboxylic acids is 1. The Balaban J connectivity index is 1.88. The van der Waals surface area contributed by atoms with Crippen LogP contribution in [0.15, 0.2) is 18.7 Å². The molecule has 0 bridgehead atoms. The van der Waals surface area contributed by atoms with Gasteiger partial charge in [0.25, 0.3) is 6.47 Å². The first-order valence-electron chi connectivity index (χ1n) is 12.5. The fourth-order valence-corrected chi connectivity index (χ4v) is 3.92. The summed E-state index contributed by atoms with van der Waals surface area (Å²) in [5.74, 6) is -0.673. The Bertz CT molecular complexity index is 559. The van der Waals surface area contributed by atoms with E-state index in [0.717, 1.165) is 38.8 Å². The first-order valence-corrected chi connectivity index (χ1v) is 12.5. The van der Waals surface area contributed by atoms with Crippen LogP contribution in [0.2, 0.25) is 0 Å². The van der Waals surface area contributed by atoms with Gasteiger partial charge in [-0.25, -0.2) is 9.13 Å². The van der Waals surface area contributed by atoms with Gasteiger partial charge in [0, 0.05) is 6.42 Å². The number of ether oxygens (including phenoxy) is 1. The molecule has 6 heteroatoms. The number of imidazole rings is 1. The molecule has 0 aromatic carbocycles. The maximum Gasteiger partial charge on any atom is 0.303 e. The van der Waals surface area contributed by atoms with Crippen molar-refractivity contribution in [3.8, 4) is 0 Å². The number of aryl methyl sites for hydroxylation is 2. The van der Waals surface area contributed by atoms with E-state index >= 15 is 0 Å². The maximum atomic E-state index is 10.5. The van der Waals surface area contributed by atoms with Crippen LogP contribution in [0, 0.1) is 0 Å². The van der Waals surface area contributed by atoms with Gasteiger partial charge in [0.2, 0.25) is 6.33 Å². The van der Waals surface area contributed by atoms with Gasteiger partial charge in [-0.3, -0.25) is 9.59 Å². The summed E-state index contributed by atoms with van der Waals surface area (Å²) in [5.41, 5.74) is 0. The van der Waals surface area contributed by atoms with Gasteiger partial charge in [0.1, 0.15) is 12.4 Å². The standard InChI is InChI=1S/C25H44N2O4/c28-24-31-22-16-12-8-4-3-7-11-15-19-27-21-20-26(23-27)18-14-10-6-2-1-5-9-13-17-25(29)30/h20-21,23-24H,1-19,22H2/p+1. The van der Waals surface area contributed by atoms with Crippen molar-refractivity contribution in [1.29, 1.82) is 0 Å². The number of rotatable bonds is 23. The fourth-order valence-electron chi connectivity index (χ4n) is 3.92. The second-order valence-corrected chi connectivity index (χ2v) is 8.66. The molecular formula is C25H45N2O4+. The quantitative estimate of drug-likeness (QED) is 0.136. The molecule has 0 spiro atoms. The van der Waals surface area contributed by atoms with Crippen LogP contribution in [0.5, 0.6) is 0 Å². The lowest BCUT2D eigenvalue weighted by molar-refractivity contribution is -0.696. The molecule has 0 aliphatic rings. The van der Waals surface area contributed by atoms with Gasteiger partial charge in [0.15, 0.2) is 0 Å². The molecule has 0 fully saturated rings. The summed E-state index contributed by atoms with van der Waals surface area (Å²) in [6.07, 6.45) is 26.1. The third-order valence-corrected chi connectivity index (χ3v) is 5.80. The molecule has 1 heterocycles. The summed E-state index contributed by atoms with van der Waals surface area (Å²) in [5, 5.41) is 8.61. The van der Waals surface area contributed by atoms with Crippen molar-refractivity contribution in [2.75, 3.05) is 6.61 Å². The Labute approximate surface area is 189 Å². The topological polar surface area (TPSA) is 72.4 Å². The van der Waals surface area contributed by atoms with Gasteiger partial charge in [0.05, 0.1) is 19.7 Å². The summed E-state index contributed by atoms with van der Waals surface area (Å²) in [7, 11) is 0. The van der Waals surface area contributed by atoms with Crippen molar-refractivity contribution in [1.82, 2.24) is 4.57 Å². The number of carbonyl (C=O) groups excluding carboxylic acids is 1. The van der Waals surface area contributed by atoms with E-state index in [4.69, 9.17) is 9.84 Å². The molecule has 1 N–H and O–H groups in total. The van der Waals surface area contributed by atoms with E-state index in [1.807, 2.05) is 0 Å². The average molecular weight is 438 g/mol. The number of unbranched alkanes of at least 4 members (excludes halogenated alkanes) is 14. The zero-order chi connectivity index (χ0) is 22.4. The molecule has 0 aliphatic heterocycles. The Morgan fingerprint density at radius 1 is 0.806 bits per heavy atom. The summed E-state index contributed by atoms with van der Waals surface area (Å²) < 4.78 is 9.31. The Morgan fingerprint density at radius 3 is 1.97 bits per heavy atom. The van der Waals surface area contributed by atoms with Gasteiger partial charge < -0.3 is 9.84 Å². The molecule has 1 aromatic rings. The van der Waals surface area contributed by atoms with E-state index < -0.39 is 5.97 Å². The number of hydrogen-bond acceptors (Lipinski definition) is 3. The van der Waals surface area contributed by atoms with Crippen molar-refractivity contribution in [2.24, 2.45) is 0 Å². The minimum Gasteiger partial charge on any atom is -0.481 e. The Morgan fingerprint density at radius 2 is 1.35 bits per heavy atom. The molecule has 0 aliphatic carbocycles. The number of carbonyl (C=O) groups is 2. The van der Waals surface area contributed by atoms with Gasteiger partial charge in [-0.2, -0.15) is 0 Å². The molecule has 0 radical (unpaired) electrons. The third-order valence-electron chi connectivity index (χ3n) is 5.80. The normalized spacial score (nSPS) is 11.0. The molecule has 0 saturated heterocycles. The third kappa shape index (κ3) is 17.5. The maximum absolute atomic E-state index is 10.5. The van der Waals surface area contributed by atoms with Crippen molar-refractivity contribution in [2.45, 2.75) is 122 Å². The number of aromatic nitrogens is 2. The highest BCUT2D eigenvalue weighted by molar-refractivity contribution is 5.66. The highest BCUT2D eigenvalue weighted by Gasteiger charge is 2.03. The summed E-state index contributed by atoms with van der Waals surface area (Å²) >= 11 is 0. The largest absolute Gasteiger partial charge is 0.481 e. The van der Waals surface area contributed by atoms with E-state index in [1.165, 1.54) is 77.0 Å². The van der Waals surface area contributed by atoms with Crippen LogP contribution in [0.1, 0.15) is 109 Å². The highest BCUT2D eigenvalue weighted by Crippen LogP contribution is 2.10. The lowest BCUT2D eigenvalue weighted by atomic mass is 10.1. The lowest BCUT2D eigenvalue weighted by Crippen LogP contribution is -2.30. The monoisotopic (exact) mass is 437 g/mol. The molecule has 31 heavy (non-hydrogen) atoms. The first kappa shape index (κ1) is 27.2. The highest BCUT2D eigenvalue weighted by atomic mass is 16.5. The van der Waals surface area contributed by atoms with Crippen LogP contribution in [0.3, 0.4) is 0 Å². The van der Waals surface area contributed by atoms with E-state index in [-0.39, 0.29) is 0 Å². The molecular weight excluding hydrogens is 392 g/mol. The van der Waals surface area contributed by atoms with Crippen LogP contribution in [-0.2, 0) is 27.4 Å². The van der Waals surface area contributed by atoms with E-state index in [9.17, 15) is 9.59 Å². The van der Waals surface area contributed by atoms with E-state index in [1.54, 1.807) is 0 Å². The zero-order valence-electron chi connectivity index (χ0n) is 19.5. The predicted octanol–water partition coefficient (Wildman–Crippen LogP) is 5.66. The van der Waals surface area contributed by atoms with Crippen LogP contribution < -0.4 is 4.57 Å². The van der Waals surface area contributed by atoms with Crippen LogP contribution in [0.25, 0.3) is 0 Å². The Hall–Kier alpha value is -1.85. The fraction of sp³-hybridized carbons (Fsp3) is 0.800. The van der Waals surface area contributed by atoms with Gasteiger partial charge in [-0.05, 0) is 38.5 Å². The SMILES string of the molecule is O=COCCCCCCCCCCn1cc[n+](CCCCCCCCCCC(=O)O)c1. The second-order valence-electron chi connectivity index (χ2n) is 8.66. The first-order chi connectivity index (χ1) is 15.2. The van der Waals surface area contributed by atoms with E-state index in [2.05, 4.69) is 27.9 Å². The van der Waals surface area contributed by atoms with Crippen molar-refractivity contribution in [3.63, 3.8) is 0 Å². The molecule has 0 saturated carbocycles. The van der Waals surface area contributed by atoms with E-state index in [0.29, 0.717) is 19.5 Å². The van der Waals surface area contributed by atoms with Crippen LogP contribution >= 0.6 is 0 Å². The van der Waals surface area contributed by atoms with Gasteiger partial charge in [-0.15, -0.1) is 0 Å². The van der Waals surface area contributed by atoms with Crippen molar-refractivity contribution >= 4 is 12.4 Å². The molecule has 0 atom stereocenters. The number of hydrogen-bond donors (Lipinski definition) is 1. The van der Waals surface area contributed by atoms with Crippen molar-refractivity contribution < 1.29 is 24.0 Å². The summed E-state index contributed by atoms with van der Waals surface area (Å²) in [6, 6.07) is 0. The molecule has 1 aromatic heterocycles. The van der Waals surface area contributed by atoms with Crippen LogP contribution in [0.4, 0.5) is 0 Å². The lowest BCUT2D eigenvalue weighted by Gasteiger charge is -2.02. The summed E-state index contributed by atoms with van der Waals surface area (Å²) in [4.78, 5) is 20.5. The Kier molecular flexibility index (Phi) is 17.6. The average Bonchev–Trinajstić information content (AvgIpc) is 3.20. The number of aliphatic carboxylic acids is 1. The number of nitrogens with zero attached hydrogens (tertiary/aromatic N) is 2. The summed E-state index contributed by atoms with van der Waals surface area (Å²) in [6.45, 7) is 3.31. The van der Waals surface area contributed by atoms with Gasteiger partial charge >= 0.3 is 5.97 Å². The zero-order valence-corrected chi connectivity index (χ0v) is 19.5. The smallest absolute Gasteiger partial charge is 0.303 e. The van der Waals surface area contributed by atoms with Gasteiger partial charge in [-0.1, -0.05) is 64.2 Å². The molecule has 0 amide bonds. The minimum absolute atomic E-state index is 0.318. The second kappa shape index (κ2) is 20.1. The van der Waals surface area contributed by atoms with Crippen molar-refractivity contribution in [3.05, 3.63) is 18.7 Å². The molecule has 0 unspecified atom stereocenters. The minimum atomic E-state index is -0.673. The molecule has 1 rings (SSSR count). The number of carboxylic acid groups (broad SMARTS) is 1. The predicted molar refractivity (Wildman–Crippen MR) is 123 cm³/mol.